The predicted molar refractivity (Wildman–Crippen MR) is 176 cm³/mol. The largest absolute Gasteiger partial charge is 0.291 e. The number of pyridine rings is 1. The second-order valence-electron chi connectivity index (χ2n) is 10.9. The third kappa shape index (κ3) is 5.84. The molecule has 214 valence electrons. The molecule has 0 amide bonds. The Balaban J connectivity index is 0.000000737. The number of imidazole rings is 1. The van der Waals surface area contributed by atoms with Gasteiger partial charge in [0, 0.05) is 16.3 Å². The lowest BCUT2D eigenvalue weighted by Crippen LogP contribution is -2.24. The van der Waals surface area contributed by atoms with E-state index < -0.39 is 0 Å². The van der Waals surface area contributed by atoms with Gasteiger partial charge in [-0.05, 0) is 72.4 Å². The fourth-order valence-corrected chi connectivity index (χ4v) is 5.20. The van der Waals surface area contributed by atoms with E-state index in [0.29, 0.717) is 5.92 Å². The smallest absolute Gasteiger partial charge is 0.146 e. The van der Waals surface area contributed by atoms with Crippen molar-refractivity contribution < 1.29 is 4.39 Å². The van der Waals surface area contributed by atoms with Crippen LogP contribution in [0.1, 0.15) is 84.2 Å². The van der Waals surface area contributed by atoms with Crippen molar-refractivity contribution in [3.8, 4) is 11.3 Å². The molecule has 3 aromatic carbocycles. The first kappa shape index (κ1) is 32.8. The molecule has 40 heavy (non-hydrogen) atoms. The van der Waals surface area contributed by atoms with Gasteiger partial charge in [-0.2, -0.15) is 0 Å². The van der Waals surface area contributed by atoms with Crippen LogP contribution in [0.2, 0.25) is 0 Å². The third-order valence-corrected chi connectivity index (χ3v) is 7.69. The summed E-state index contributed by atoms with van der Waals surface area (Å²) in [5.74, 6) is 0.210. The van der Waals surface area contributed by atoms with Crippen LogP contribution in [0.15, 0.2) is 67.8 Å². The lowest BCUT2D eigenvalue weighted by atomic mass is 9.73. The van der Waals surface area contributed by atoms with Crippen LogP contribution in [0, 0.1) is 32.5 Å². The number of halogens is 1. The molecule has 2 heterocycles. The molecular formula is C37H49FN2. The van der Waals surface area contributed by atoms with E-state index in [1.54, 1.807) is 12.1 Å². The average Bonchev–Trinajstić information content (AvgIpc) is 3.27. The molecule has 0 atom stereocenters. The van der Waals surface area contributed by atoms with E-state index in [1.165, 1.54) is 28.7 Å². The van der Waals surface area contributed by atoms with Crippen molar-refractivity contribution >= 4 is 27.3 Å². The summed E-state index contributed by atoms with van der Waals surface area (Å²) in [4.78, 5) is 5.15. The number of aromatic nitrogens is 2. The van der Waals surface area contributed by atoms with E-state index in [2.05, 4.69) is 116 Å². The fraction of sp³-hybridized carbons (Fsp3) is 0.378. The normalized spacial score (nSPS) is 11.0. The van der Waals surface area contributed by atoms with Gasteiger partial charge in [0.25, 0.3) is 0 Å². The van der Waals surface area contributed by atoms with E-state index in [0.717, 1.165) is 38.7 Å². The van der Waals surface area contributed by atoms with Crippen molar-refractivity contribution in [2.45, 2.75) is 88.0 Å². The van der Waals surface area contributed by atoms with E-state index >= 15 is 0 Å². The molecule has 0 aliphatic rings. The Morgan fingerprint density at radius 1 is 0.875 bits per heavy atom. The molecule has 0 aliphatic heterocycles. The van der Waals surface area contributed by atoms with Gasteiger partial charge in [0.05, 0.1) is 16.9 Å². The first-order valence-corrected chi connectivity index (χ1v) is 14.6. The summed E-state index contributed by atoms with van der Waals surface area (Å²) in [6, 6.07) is 18.0. The van der Waals surface area contributed by atoms with Crippen LogP contribution in [0.5, 0.6) is 0 Å². The monoisotopic (exact) mass is 540 g/mol. The lowest BCUT2D eigenvalue weighted by molar-refractivity contribution is 0.375. The Kier molecular flexibility index (Phi) is 11.3. The van der Waals surface area contributed by atoms with Crippen molar-refractivity contribution in [3.05, 3.63) is 96.0 Å². The molecule has 0 N–H and O–H groups in total. The number of hydrogen-bond acceptors (Lipinski definition) is 1. The molecule has 0 saturated heterocycles. The molecule has 0 spiro atoms. The standard InChI is InChI=1S/C30H31FN2.C3H8.C2H6.C2H4/c1-17(2)30(6,7)24-13-9-12-23-22-15-14-21(31)16-25(22)33-28(20(5)32-29(33)27(23)24)26-18(3)10-8-11-19(26)4;1-3-2;2*1-2/h8-17H,1-7H3;3H2,1-2H3;1-2H3;1-2H2. The third-order valence-electron chi connectivity index (χ3n) is 7.69. The summed E-state index contributed by atoms with van der Waals surface area (Å²) in [7, 11) is 0. The van der Waals surface area contributed by atoms with Crippen molar-refractivity contribution in [1.82, 2.24) is 9.38 Å². The van der Waals surface area contributed by atoms with Gasteiger partial charge in [-0.25, -0.2) is 9.37 Å². The Morgan fingerprint density at radius 2 is 1.43 bits per heavy atom. The molecule has 0 saturated carbocycles. The zero-order valence-corrected chi connectivity index (χ0v) is 26.7. The van der Waals surface area contributed by atoms with Gasteiger partial charge >= 0.3 is 0 Å². The Hall–Kier alpha value is -3.46. The van der Waals surface area contributed by atoms with Gasteiger partial charge in [0.15, 0.2) is 0 Å². The Labute approximate surface area is 242 Å². The van der Waals surface area contributed by atoms with Crippen LogP contribution in [-0.4, -0.2) is 9.38 Å². The van der Waals surface area contributed by atoms with Crippen LogP contribution >= 0.6 is 0 Å². The first-order valence-electron chi connectivity index (χ1n) is 14.6. The topological polar surface area (TPSA) is 17.3 Å². The van der Waals surface area contributed by atoms with Crippen molar-refractivity contribution in [2.24, 2.45) is 5.92 Å². The lowest BCUT2D eigenvalue weighted by Gasteiger charge is -2.31. The molecule has 0 aliphatic carbocycles. The molecular weight excluding hydrogens is 491 g/mol. The van der Waals surface area contributed by atoms with Crippen LogP contribution in [0.4, 0.5) is 4.39 Å². The highest BCUT2D eigenvalue weighted by atomic mass is 19.1. The molecule has 5 rings (SSSR count). The van der Waals surface area contributed by atoms with Crippen LogP contribution in [0.25, 0.3) is 38.6 Å². The van der Waals surface area contributed by atoms with E-state index in [9.17, 15) is 4.39 Å². The Morgan fingerprint density at radius 3 is 1.98 bits per heavy atom. The molecule has 5 aromatic rings. The summed E-state index contributed by atoms with van der Waals surface area (Å²) in [5, 5.41) is 3.34. The van der Waals surface area contributed by atoms with Gasteiger partial charge < -0.3 is 0 Å². The SMILES string of the molecule is C=C.CC.CCC.Cc1cccc(C)c1-c1c(C)nc2c3c(C(C)(C)C(C)C)cccc3c3ccc(F)cc3n12. The molecule has 2 aromatic heterocycles. The fourth-order valence-electron chi connectivity index (χ4n) is 5.20. The number of fused-ring (bicyclic) bond motifs is 6. The average molecular weight is 541 g/mol. The molecule has 0 bridgehead atoms. The first-order chi connectivity index (χ1) is 19.0. The summed E-state index contributed by atoms with van der Waals surface area (Å²) in [6.45, 7) is 29.7. The number of rotatable bonds is 3. The zero-order valence-electron chi connectivity index (χ0n) is 26.7. The van der Waals surface area contributed by atoms with E-state index in [-0.39, 0.29) is 11.2 Å². The van der Waals surface area contributed by atoms with Crippen LogP contribution in [-0.2, 0) is 5.41 Å². The molecule has 0 unspecified atom stereocenters. The molecule has 2 nitrogen and oxygen atoms in total. The quantitative estimate of drug-likeness (QED) is 0.164. The van der Waals surface area contributed by atoms with Gasteiger partial charge in [-0.3, -0.25) is 4.40 Å². The summed E-state index contributed by atoms with van der Waals surface area (Å²) < 4.78 is 16.8. The van der Waals surface area contributed by atoms with Crippen LogP contribution < -0.4 is 0 Å². The minimum atomic E-state index is -0.236. The summed E-state index contributed by atoms with van der Waals surface area (Å²) >= 11 is 0. The summed E-state index contributed by atoms with van der Waals surface area (Å²) in [6.07, 6.45) is 1.25. The van der Waals surface area contributed by atoms with Gasteiger partial charge in [-0.1, -0.05) is 98.2 Å². The minimum Gasteiger partial charge on any atom is -0.291 e. The maximum absolute atomic E-state index is 14.6. The van der Waals surface area contributed by atoms with E-state index in [1.807, 2.05) is 19.9 Å². The van der Waals surface area contributed by atoms with Crippen molar-refractivity contribution in [1.29, 1.82) is 0 Å². The zero-order chi connectivity index (χ0) is 30.4. The van der Waals surface area contributed by atoms with E-state index in [4.69, 9.17) is 4.98 Å². The second kappa shape index (κ2) is 13.7. The minimum absolute atomic E-state index is 0.0493. The number of aryl methyl sites for hydroxylation is 3. The molecule has 0 radical (unpaired) electrons. The molecule has 3 heteroatoms. The second-order valence-corrected chi connectivity index (χ2v) is 10.9. The number of nitrogens with zero attached hydrogens (tertiary/aromatic N) is 2. The van der Waals surface area contributed by atoms with Gasteiger partial charge in [0.2, 0.25) is 0 Å². The highest BCUT2D eigenvalue weighted by Crippen LogP contribution is 2.42. The van der Waals surface area contributed by atoms with Gasteiger partial charge in [0.1, 0.15) is 11.5 Å². The van der Waals surface area contributed by atoms with Crippen LogP contribution in [0.3, 0.4) is 0 Å². The van der Waals surface area contributed by atoms with Crippen molar-refractivity contribution in [3.63, 3.8) is 0 Å². The Bertz CT molecular complexity index is 1570. The summed E-state index contributed by atoms with van der Waals surface area (Å²) in [5.41, 5.74) is 8.57. The highest BCUT2D eigenvalue weighted by Gasteiger charge is 2.29. The predicted octanol–water partition coefficient (Wildman–Crippen LogP) is 11.6. The highest BCUT2D eigenvalue weighted by molar-refractivity contribution is 6.14. The van der Waals surface area contributed by atoms with Crippen molar-refractivity contribution in [2.75, 3.05) is 0 Å². The number of hydrogen-bond donors (Lipinski definition) is 0. The molecule has 0 fully saturated rings. The van der Waals surface area contributed by atoms with Gasteiger partial charge in [-0.15, -0.1) is 13.2 Å². The number of benzene rings is 3. The maximum atomic E-state index is 14.6. The maximum Gasteiger partial charge on any atom is 0.146 e.